The number of ether oxygens (including phenoxy) is 1. The molecule has 0 aromatic heterocycles. The zero-order valence-electron chi connectivity index (χ0n) is 88.6. The number of hydroxylamine groups is 6. The van der Waals surface area contributed by atoms with Crippen LogP contribution in [-0.4, -0.2) is 289 Å². The van der Waals surface area contributed by atoms with Crippen molar-refractivity contribution in [2.75, 3.05) is 124 Å². The number of likely N-dealkylation sites (N-methyl/N-ethyl adjacent to an activating group) is 3. The van der Waals surface area contributed by atoms with Crippen LogP contribution in [-0.2, 0) is 62.6 Å². The van der Waals surface area contributed by atoms with E-state index in [1.807, 2.05) is 42.5 Å². The van der Waals surface area contributed by atoms with Crippen LogP contribution in [0.5, 0.6) is 0 Å². The molecule has 800 valence electrons. The molecule has 14 fully saturated rings. The van der Waals surface area contributed by atoms with Crippen molar-refractivity contribution in [1.82, 2.24) is 45.8 Å². The third kappa shape index (κ3) is 27.9. The first kappa shape index (κ1) is 117. The first-order valence-electron chi connectivity index (χ1n) is 52.3. The van der Waals surface area contributed by atoms with E-state index in [9.17, 15) is 45.0 Å². The van der Waals surface area contributed by atoms with Gasteiger partial charge < -0.3 is 96.4 Å². The van der Waals surface area contributed by atoms with Crippen LogP contribution in [0.2, 0.25) is 0 Å². The monoisotopic (exact) mass is 2110 g/mol. The molecule has 3 amide bonds. The number of nitrogens with one attached hydrogen (secondary N) is 6. The van der Waals surface area contributed by atoms with Crippen molar-refractivity contribution in [1.29, 1.82) is 0 Å². The van der Waals surface area contributed by atoms with E-state index in [2.05, 4.69) is 305 Å². The van der Waals surface area contributed by atoms with Gasteiger partial charge in [0.1, 0.15) is 36.4 Å². The topological polar surface area (TPSA) is 340 Å². The quantitative estimate of drug-likeness (QED) is 0.0134. The second-order valence-electron chi connectivity index (χ2n) is 46.3. The number of aliphatic hydroxyl groups excluding tert-OH is 7. The standard InChI is InChI=1S/2C34H50N4O4.C24H35IN2O4.C16H27BN2O2.C4H8O2.2CH4/c2*1-21-28-17-26(34(28,3)4)18-29(21)36-33(41)32-31(22(2)40)30(20-39)42-38(32)19-23-8-7-9-25(16-23)24-10-12-27(13-11-24)35-14-15-37(5)6;1-13-18-9-16(24(18,3)4)10-19(13)26-23(30)22-21(14(2)29)20(12-28)31-27(22)11-15-6-5-7-17(25)8-15;1-15(2)16(3,4)21-17(20-15)13-7-9-14(10-8-13)18-11-12-19(5)6;5-4-2-1-3-6-4;;/h2*7-13,16,21-22,26,28-32,35,39-40H,14-15,17-20H2,1-6H3,(H,36,41);5-8,13-14,16,18-22,28-29H,9-12H2,1-4H3,(H,26,30);7-10,18H,11-12H2,1-6H3;4-5H,1-3H2;2*1H4/t2*21-,22-,26-,28+,29?,30-,31+,32-;13-,14-,16-,18+,19?,20-,21+,22-;;;;/m000..../s1. The number of fused-ring (bicyclic) bond motifs is 6. The minimum absolute atomic E-state index is 0. The van der Waals surface area contributed by atoms with Crippen LogP contribution in [0.25, 0.3) is 22.3 Å². The lowest BCUT2D eigenvalue weighted by Gasteiger charge is -2.62. The summed E-state index contributed by atoms with van der Waals surface area (Å²) in [6.07, 6.45) is 3.81. The van der Waals surface area contributed by atoms with Gasteiger partial charge in [-0.15, -0.1) is 0 Å². The maximum absolute atomic E-state index is 13.9. The number of aliphatic hydroxyl groups is 7. The van der Waals surface area contributed by atoms with Crippen LogP contribution in [0.15, 0.2) is 146 Å². The third-order valence-electron chi connectivity index (χ3n) is 34.4. The molecule has 25 atom stereocenters. The van der Waals surface area contributed by atoms with E-state index >= 15 is 0 Å². The first-order chi connectivity index (χ1) is 67.2. The molecule has 28 nitrogen and oxygen atoms in total. The summed E-state index contributed by atoms with van der Waals surface area (Å²) in [5, 5.41) is 95.9. The SMILES string of the molecule is C.C.CN(C)CCNc1ccc(B2OC(C)(C)C(C)(C)O2)cc1.C[C@H](O)[C@@H]1[C@H](CO)ON(Cc2cccc(-c3ccc(NCCN(C)C)cc3)c2)[C@@H]1C(=O)NC1C[C@@H]2C[C@H]([C@@H]1C)C2(C)C.C[C@H](O)[C@@H]1[C@H](CO)ON(Cc2cccc(-c3ccc(NCCN(C)C)cc3)c2)[C@@H]1C(=O)NC1C[C@@H]2C[C@H]([C@@H]1C)C2(C)C.C[C@H](O)[C@@H]1[C@H](CO)ON(Cc2cccc(I)c2)[C@@H]1C(=O)NC1C[C@@H]2C[C@H]([C@@H]1C)C2(C)C.OC1CCCO1. The highest BCUT2D eigenvalue weighted by Crippen LogP contribution is 2.64. The molecule has 5 saturated heterocycles. The zero-order chi connectivity index (χ0) is 103. The van der Waals surface area contributed by atoms with Gasteiger partial charge in [0.05, 0.1) is 69.0 Å². The molecule has 6 aromatic rings. The molecule has 4 unspecified atom stereocenters. The molecule has 5 heterocycles. The molecule has 20 rings (SSSR count). The molecule has 9 aliphatic carbocycles. The number of benzene rings is 6. The molecule has 30 heteroatoms. The van der Waals surface area contributed by atoms with Crippen molar-refractivity contribution >= 4 is 70.0 Å². The molecular weight excluding hydrogens is 1930 g/mol. The summed E-state index contributed by atoms with van der Waals surface area (Å²) >= 11 is 2.27. The van der Waals surface area contributed by atoms with E-state index in [0.29, 0.717) is 89.1 Å². The number of halogens is 1. The van der Waals surface area contributed by atoms with Gasteiger partial charge in [0.25, 0.3) is 0 Å². The summed E-state index contributed by atoms with van der Waals surface area (Å²) in [5.41, 5.74) is 12.2. The van der Waals surface area contributed by atoms with Crippen LogP contribution in [0, 0.1) is 90.8 Å². The lowest BCUT2D eigenvalue weighted by molar-refractivity contribution is -0.183. The zero-order valence-corrected chi connectivity index (χ0v) is 90.7. The Morgan fingerprint density at radius 3 is 1.00 bits per heavy atom. The largest absolute Gasteiger partial charge is 0.494 e. The Morgan fingerprint density at radius 2 is 0.743 bits per heavy atom. The highest BCUT2D eigenvalue weighted by atomic mass is 127. The van der Waals surface area contributed by atoms with Gasteiger partial charge in [-0.1, -0.05) is 162 Å². The Bertz CT molecular complexity index is 4830. The van der Waals surface area contributed by atoms with Gasteiger partial charge in [-0.3, -0.25) is 28.9 Å². The second kappa shape index (κ2) is 50.9. The Kier molecular flexibility index (Phi) is 41.5. The Balaban J connectivity index is 0.000000183. The molecular formula is C114H178BIN12O16. The molecule has 14 aliphatic rings. The molecule has 13 N–H and O–H groups in total. The number of anilines is 3. The number of nitrogens with zero attached hydrogens (tertiary/aromatic N) is 6. The molecule has 0 radical (unpaired) electrons. The van der Waals surface area contributed by atoms with Crippen LogP contribution in [0.4, 0.5) is 17.1 Å². The predicted molar refractivity (Wildman–Crippen MR) is 584 cm³/mol. The van der Waals surface area contributed by atoms with E-state index in [0.717, 1.165) is 143 Å². The molecule has 9 saturated carbocycles. The van der Waals surface area contributed by atoms with E-state index in [1.54, 1.807) is 36.0 Å². The lowest BCUT2D eigenvalue weighted by atomic mass is 9.45. The maximum atomic E-state index is 13.9. The second-order valence-corrected chi connectivity index (χ2v) is 47.5. The summed E-state index contributed by atoms with van der Waals surface area (Å²) < 4.78 is 17.9. The van der Waals surface area contributed by atoms with Gasteiger partial charge in [-0.05, 0) is 333 Å². The van der Waals surface area contributed by atoms with Crippen LogP contribution >= 0.6 is 22.6 Å². The van der Waals surface area contributed by atoms with Crippen molar-refractivity contribution in [3.63, 3.8) is 0 Å². The fourth-order valence-corrected chi connectivity index (χ4v) is 25.1. The maximum Gasteiger partial charge on any atom is 0.494 e. The summed E-state index contributed by atoms with van der Waals surface area (Å²) in [6.45, 7) is 41.0. The van der Waals surface area contributed by atoms with Crippen molar-refractivity contribution in [2.24, 2.45) is 87.3 Å². The average molecular weight is 2110 g/mol. The summed E-state index contributed by atoms with van der Waals surface area (Å²) in [5.74, 6) is 3.08. The average Bonchev–Trinajstić information content (AvgIpc) is 0.961. The van der Waals surface area contributed by atoms with Gasteiger partial charge >= 0.3 is 7.12 Å². The molecule has 5 aliphatic heterocycles. The van der Waals surface area contributed by atoms with Gasteiger partial charge in [0.2, 0.25) is 17.7 Å². The minimum atomic E-state index is -0.810. The van der Waals surface area contributed by atoms with Crippen molar-refractivity contribution < 1.29 is 78.7 Å². The van der Waals surface area contributed by atoms with Gasteiger partial charge in [0.15, 0.2) is 6.29 Å². The number of carbonyl (C=O) groups is 3. The van der Waals surface area contributed by atoms with E-state index in [1.165, 1.54) is 19.3 Å². The number of carbonyl (C=O) groups excluding carboxylic acids is 3. The van der Waals surface area contributed by atoms with Crippen molar-refractivity contribution in [2.45, 2.75) is 287 Å². The van der Waals surface area contributed by atoms with Crippen LogP contribution in [0.3, 0.4) is 0 Å². The van der Waals surface area contributed by atoms with Crippen LogP contribution < -0.4 is 37.4 Å². The summed E-state index contributed by atoms with van der Waals surface area (Å²) in [7, 11) is 12.1. The predicted octanol–water partition coefficient (Wildman–Crippen LogP) is 14.3. The number of rotatable bonds is 33. The molecule has 6 aromatic carbocycles. The Hall–Kier alpha value is -6.84. The van der Waals surface area contributed by atoms with Crippen molar-refractivity contribution in [3.8, 4) is 22.3 Å². The van der Waals surface area contributed by atoms with E-state index in [4.69, 9.17) is 33.7 Å². The van der Waals surface area contributed by atoms with E-state index < -0.39 is 78.8 Å². The highest BCUT2D eigenvalue weighted by Gasteiger charge is 2.62. The number of hydrogen-bond acceptors (Lipinski definition) is 25. The molecule has 0 spiro atoms. The van der Waals surface area contributed by atoms with Gasteiger partial charge in [-0.25, -0.2) is 0 Å². The minimum Gasteiger partial charge on any atom is -0.399 e. The van der Waals surface area contributed by atoms with Gasteiger partial charge in [0, 0.05) is 109 Å². The smallest absolute Gasteiger partial charge is 0.399 e. The molecule has 6 bridgehead atoms. The highest BCUT2D eigenvalue weighted by molar-refractivity contribution is 14.1. The summed E-state index contributed by atoms with van der Waals surface area (Å²) in [6, 6.07) is 48.0. The van der Waals surface area contributed by atoms with Gasteiger partial charge in [-0.2, -0.15) is 15.2 Å². The van der Waals surface area contributed by atoms with Crippen molar-refractivity contribution in [3.05, 3.63) is 166 Å². The normalized spacial score (nSPS) is 30.6. The number of hydrogen-bond donors (Lipinski definition) is 13. The Labute approximate surface area is 875 Å². The fourth-order valence-electron chi connectivity index (χ4n) is 24.5. The first-order valence-corrected chi connectivity index (χ1v) is 53.4. The Morgan fingerprint density at radius 1 is 0.438 bits per heavy atom. The lowest BCUT2D eigenvalue weighted by Crippen LogP contribution is -2.62. The number of amides is 3. The van der Waals surface area contributed by atoms with Crippen LogP contribution in [0.1, 0.15) is 194 Å². The van der Waals surface area contributed by atoms with E-state index in [-0.39, 0.29) is 88.8 Å². The molecule has 144 heavy (non-hydrogen) atoms. The fraction of sp³-hybridized carbons (Fsp3) is 0.658. The third-order valence-corrected chi connectivity index (χ3v) is 35.1. The summed E-state index contributed by atoms with van der Waals surface area (Å²) in [4.78, 5) is 66.2.